The monoisotopic (exact) mass is 1080 g/mol. The van der Waals surface area contributed by atoms with Gasteiger partial charge in [-0.15, -0.1) is 0 Å². The summed E-state index contributed by atoms with van der Waals surface area (Å²) in [5.74, 6) is 0.798. The minimum absolute atomic E-state index is 0.353. The topological polar surface area (TPSA) is 94.7 Å². The summed E-state index contributed by atoms with van der Waals surface area (Å²) in [5, 5.41) is 17.6. The molecular formula is C66H50BBrN8O2. The van der Waals surface area contributed by atoms with Crippen LogP contribution in [0.25, 0.3) is 88.9 Å². The van der Waals surface area contributed by atoms with Gasteiger partial charge in [0.05, 0.1) is 47.3 Å². The maximum Gasteiger partial charge on any atom is 0.487 e. The first-order chi connectivity index (χ1) is 38.2. The molecule has 78 heavy (non-hydrogen) atoms. The molecule has 0 saturated heterocycles. The van der Waals surface area contributed by atoms with Gasteiger partial charge in [-0.1, -0.05) is 188 Å². The van der Waals surface area contributed by atoms with Crippen LogP contribution in [0.3, 0.4) is 0 Å². The molecule has 4 aromatic heterocycles. The predicted molar refractivity (Wildman–Crippen MR) is 319 cm³/mol. The van der Waals surface area contributed by atoms with Crippen LogP contribution in [0.2, 0.25) is 0 Å². The molecule has 0 bridgehead atoms. The lowest BCUT2D eigenvalue weighted by atomic mass is 9.80. The van der Waals surface area contributed by atoms with Crippen LogP contribution in [-0.2, 0) is 0 Å². The SMILES string of the molecule is Brc1nccn1-c1cc(-c2ccccc2)n(-c2ccccc2)c1-c1ccccc1.[C-]#[N+]c1cc(-c2nccn2-c2cc(-c3ccccc3)n(-c3ccccc3)c2-c2ccccc2)ccc1C.[C-]#[N+]c1cc(B(O)O)ccc1C. The maximum absolute atomic E-state index is 8.79. The van der Waals surface area contributed by atoms with Crippen molar-refractivity contribution >= 4 is 39.9 Å². The summed E-state index contributed by atoms with van der Waals surface area (Å²) < 4.78 is 9.64. The summed E-state index contributed by atoms with van der Waals surface area (Å²) in [6.07, 6.45) is 7.61. The van der Waals surface area contributed by atoms with Gasteiger partial charge in [-0.05, 0) is 100.0 Å². The van der Waals surface area contributed by atoms with Crippen molar-refractivity contribution in [1.29, 1.82) is 0 Å². The van der Waals surface area contributed by atoms with E-state index >= 15 is 0 Å². The van der Waals surface area contributed by atoms with E-state index in [1.165, 1.54) is 6.07 Å². The zero-order valence-corrected chi connectivity index (χ0v) is 44.3. The second-order valence-electron chi connectivity index (χ2n) is 18.2. The third-order valence-electron chi connectivity index (χ3n) is 13.2. The van der Waals surface area contributed by atoms with E-state index in [0.717, 1.165) is 95.0 Å². The molecule has 8 aromatic carbocycles. The van der Waals surface area contributed by atoms with Gasteiger partial charge in [0.2, 0.25) is 0 Å². The van der Waals surface area contributed by atoms with Crippen molar-refractivity contribution in [2.45, 2.75) is 13.8 Å². The first kappa shape index (κ1) is 51.7. The van der Waals surface area contributed by atoms with Crippen LogP contribution < -0.4 is 5.46 Å². The Morgan fingerprint density at radius 2 is 0.833 bits per heavy atom. The second-order valence-corrected chi connectivity index (χ2v) is 18.9. The van der Waals surface area contributed by atoms with Crippen LogP contribution in [0.1, 0.15) is 11.1 Å². The summed E-state index contributed by atoms with van der Waals surface area (Å²) in [4.78, 5) is 16.1. The lowest BCUT2D eigenvalue weighted by molar-refractivity contribution is 0.426. The molecule has 0 spiro atoms. The van der Waals surface area contributed by atoms with Gasteiger partial charge in [0.25, 0.3) is 0 Å². The molecule has 4 heterocycles. The van der Waals surface area contributed by atoms with E-state index in [9.17, 15) is 0 Å². The van der Waals surface area contributed by atoms with Crippen LogP contribution in [0, 0.1) is 27.0 Å². The Morgan fingerprint density at radius 3 is 1.27 bits per heavy atom. The number of aromatic nitrogens is 6. The van der Waals surface area contributed by atoms with Gasteiger partial charge in [-0.2, -0.15) is 0 Å². The van der Waals surface area contributed by atoms with E-state index < -0.39 is 7.12 Å². The Balaban J connectivity index is 0.000000149. The number of hydrogen-bond acceptors (Lipinski definition) is 4. The lowest BCUT2D eigenvalue weighted by Crippen LogP contribution is -2.29. The molecule has 376 valence electrons. The Bertz CT molecular complexity index is 4050. The zero-order chi connectivity index (χ0) is 54.0. The van der Waals surface area contributed by atoms with E-state index in [4.69, 9.17) is 28.2 Å². The average molecular weight is 1080 g/mol. The highest BCUT2D eigenvalue weighted by Gasteiger charge is 2.24. The van der Waals surface area contributed by atoms with Gasteiger partial charge >= 0.3 is 7.12 Å². The highest BCUT2D eigenvalue weighted by Crippen LogP contribution is 2.41. The molecule has 0 atom stereocenters. The summed E-state index contributed by atoms with van der Waals surface area (Å²) in [7, 11) is -1.49. The van der Waals surface area contributed by atoms with E-state index in [1.807, 2.05) is 80.1 Å². The van der Waals surface area contributed by atoms with Gasteiger partial charge in [-0.25, -0.2) is 19.7 Å². The number of benzene rings is 8. The molecule has 0 fully saturated rings. The Morgan fingerprint density at radius 1 is 0.436 bits per heavy atom. The lowest BCUT2D eigenvalue weighted by Gasteiger charge is -2.16. The second kappa shape index (κ2) is 23.8. The molecular weight excluding hydrogens is 1030 g/mol. The number of para-hydroxylation sites is 2. The molecule has 0 saturated carbocycles. The fourth-order valence-electron chi connectivity index (χ4n) is 9.39. The van der Waals surface area contributed by atoms with Crippen molar-refractivity contribution in [2.75, 3.05) is 0 Å². The third kappa shape index (κ3) is 11.0. The number of halogens is 1. The van der Waals surface area contributed by atoms with Gasteiger partial charge in [0.15, 0.2) is 16.1 Å². The van der Waals surface area contributed by atoms with Crippen LogP contribution in [0.4, 0.5) is 11.4 Å². The van der Waals surface area contributed by atoms with E-state index in [1.54, 1.807) is 25.3 Å². The first-order valence-electron chi connectivity index (χ1n) is 25.1. The molecule has 0 aliphatic heterocycles. The zero-order valence-electron chi connectivity index (χ0n) is 42.7. The molecule has 12 aromatic rings. The molecule has 12 heteroatoms. The van der Waals surface area contributed by atoms with E-state index in [-0.39, 0.29) is 0 Å². The predicted octanol–water partition coefficient (Wildman–Crippen LogP) is 15.5. The van der Waals surface area contributed by atoms with Crippen LogP contribution in [0.5, 0.6) is 0 Å². The Labute approximate surface area is 462 Å². The first-order valence-corrected chi connectivity index (χ1v) is 25.9. The van der Waals surface area contributed by atoms with E-state index in [2.05, 4.69) is 207 Å². The van der Waals surface area contributed by atoms with Gasteiger partial charge in [0.1, 0.15) is 5.82 Å². The van der Waals surface area contributed by atoms with Crippen molar-refractivity contribution in [2.24, 2.45) is 0 Å². The van der Waals surface area contributed by atoms with Gasteiger partial charge in [0, 0.05) is 52.9 Å². The van der Waals surface area contributed by atoms with Crippen molar-refractivity contribution in [1.82, 2.24) is 28.2 Å². The quantitative estimate of drug-likeness (QED) is 0.105. The minimum Gasteiger partial charge on any atom is -0.423 e. The molecule has 0 unspecified atom stereocenters. The number of nitrogens with zero attached hydrogens (tertiary/aromatic N) is 8. The van der Waals surface area contributed by atoms with Crippen LogP contribution in [-0.4, -0.2) is 45.4 Å². The highest BCUT2D eigenvalue weighted by molar-refractivity contribution is 9.10. The van der Waals surface area contributed by atoms with Crippen LogP contribution in [0.15, 0.2) is 260 Å². The molecule has 0 amide bonds. The third-order valence-corrected chi connectivity index (χ3v) is 13.8. The largest absolute Gasteiger partial charge is 0.487 e. The Hall–Kier alpha value is -9.82. The average Bonchev–Trinajstić information content (AvgIpc) is 4.51. The van der Waals surface area contributed by atoms with Crippen molar-refractivity contribution < 1.29 is 10.0 Å². The fraction of sp³-hybridized carbons (Fsp3) is 0.0303. The molecule has 0 radical (unpaired) electrons. The maximum atomic E-state index is 8.79. The minimum atomic E-state index is -1.49. The van der Waals surface area contributed by atoms with Crippen LogP contribution >= 0.6 is 15.9 Å². The summed E-state index contributed by atoms with van der Waals surface area (Å²) in [6, 6.07) is 78.1. The summed E-state index contributed by atoms with van der Waals surface area (Å²) >= 11 is 3.60. The van der Waals surface area contributed by atoms with E-state index in [0.29, 0.717) is 16.8 Å². The Kier molecular flexibility index (Phi) is 15.8. The standard InChI is InChI=1S/C33H24N4.C25H18BrN3.C8H8BNO2/c1-24-18-19-27(22-29(24)34-2)33-35-20-21-36(33)31-23-30(25-12-6-3-7-13-25)37(28-16-10-5-11-17-28)32(31)26-14-8-4-9-15-26;26-25-27-16-17-28(25)23-18-22(19-10-4-1-5-11-19)29(21-14-8-3-9-15-21)24(23)20-12-6-2-7-13-20;1-6-3-4-7(9(11)12)5-8(6)10-2/h3-23H,1H3;1-18H;3-5,11-12H,1H3. The van der Waals surface area contributed by atoms with Gasteiger partial charge in [-0.3, -0.25) is 9.13 Å². The normalized spacial score (nSPS) is 10.6. The number of aryl methyl sites for hydroxylation is 2. The highest BCUT2D eigenvalue weighted by atomic mass is 79.9. The summed E-state index contributed by atoms with van der Waals surface area (Å²) in [5.41, 5.74) is 17.4. The number of hydrogen-bond donors (Lipinski definition) is 2. The fourth-order valence-corrected chi connectivity index (χ4v) is 9.82. The molecule has 10 nitrogen and oxygen atoms in total. The number of imidazole rings is 2. The smallest absolute Gasteiger partial charge is 0.423 e. The van der Waals surface area contributed by atoms with Gasteiger partial charge < -0.3 is 19.2 Å². The van der Waals surface area contributed by atoms with Crippen molar-refractivity contribution in [3.8, 4) is 79.2 Å². The molecule has 2 N–H and O–H groups in total. The number of rotatable bonds is 10. The summed E-state index contributed by atoms with van der Waals surface area (Å²) in [6.45, 7) is 18.1. The molecule has 0 aliphatic rings. The molecule has 12 rings (SSSR count). The van der Waals surface area contributed by atoms with Crippen molar-refractivity contribution in [3.63, 3.8) is 0 Å². The molecule has 0 aliphatic carbocycles. The van der Waals surface area contributed by atoms with Crippen molar-refractivity contribution in [3.05, 3.63) is 294 Å².